The molecular formula is C22H19NO5S. The SMILES string of the molecule is COc1cc(C2CC(c3c(O)cc(C)oc3=O)=Nc3ccccc3S2)ccc1O. The van der Waals surface area contributed by atoms with Crippen LogP contribution in [0.2, 0.25) is 0 Å². The van der Waals surface area contributed by atoms with E-state index >= 15 is 0 Å². The van der Waals surface area contributed by atoms with Gasteiger partial charge in [0.2, 0.25) is 0 Å². The van der Waals surface area contributed by atoms with Gasteiger partial charge in [-0.3, -0.25) is 4.99 Å². The highest BCUT2D eigenvalue weighted by molar-refractivity contribution is 7.99. The summed E-state index contributed by atoms with van der Waals surface area (Å²) >= 11 is 1.60. The molecule has 4 rings (SSSR count). The first kappa shape index (κ1) is 19.1. The second kappa shape index (κ2) is 7.67. The zero-order valence-electron chi connectivity index (χ0n) is 15.9. The zero-order valence-corrected chi connectivity index (χ0v) is 16.7. The van der Waals surface area contributed by atoms with E-state index in [2.05, 4.69) is 0 Å². The number of phenols is 1. The smallest absolute Gasteiger partial charge is 0.348 e. The minimum Gasteiger partial charge on any atom is -0.507 e. The summed E-state index contributed by atoms with van der Waals surface area (Å²) in [6.07, 6.45) is 0.384. The Morgan fingerprint density at radius 1 is 1.14 bits per heavy atom. The van der Waals surface area contributed by atoms with Crippen molar-refractivity contribution in [2.45, 2.75) is 23.5 Å². The lowest BCUT2D eigenvalue weighted by Gasteiger charge is -2.17. The number of nitrogens with zero attached hydrogens (tertiary/aromatic N) is 1. The van der Waals surface area contributed by atoms with Crippen LogP contribution in [-0.2, 0) is 0 Å². The van der Waals surface area contributed by atoms with Crippen LogP contribution >= 0.6 is 11.8 Å². The summed E-state index contributed by atoms with van der Waals surface area (Å²) in [5.41, 5.74) is 1.53. The fourth-order valence-corrected chi connectivity index (χ4v) is 4.53. The molecule has 0 fully saturated rings. The summed E-state index contributed by atoms with van der Waals surface area (Å²) in [5.74, 6) is 0.613. The predicted molar refractivity (Wildman–Crippen MR) is 112 cm³/mol. The number of phenolic OH excluding ortho intramolecular Hbond substituents is 1. The summed E-state index contributed by atoms with van der Waals surface area (Å²) < 4.78 is 10.5. The van der Waals surface area contributed by atoms with E-state index in [4.69, 9.17) is 14.1 Å². The fourth-order valence-electron chi connectivity index (χ4n) is 3.31. The number of ether oxygens (including phenoxy) is 1. The number of rotatable bonds is 3. The molecular weight excluding hydrogens is 390 g/mol. The van der Waals surface area contributed by atoms with E-state index in [-0.39, 0.29) is 22.3 Å². The van der Waals surface area contributed by atoms with Gasteiger partial charge in [0.05, 0.1) is 18.5 Å². The molecule has 1 atom stereocenters. The van der Waals surface area contributed by atoms with Crippen LogP contribution < -0.4 is 10.4 Å². The maximum Gasteiger partial charge on any atom is 0.348 e. The molecule has 2 aromatic carbocycles. The van der Waals surface area contributed by atoms with E-state index in [0.717, 1.165) is 16.1 Å². The van der Waals surface area contributed by atoms with E-state index in [0.29, 0.717) is 23.6 Å². The Balaban J connectivity index is 1.86. The van der Waals surface area contributed by atoms with Gasteiger partial charge in [0, 0.05) is 22.6 Å². The summed E-state index contributed by atoms with van der Waals surface area (Å²) in [7, 11) is 1.50. The third-order valence-corrected chi connectivity index (χ3v) is 6.01. The number of aryl methyl sites for hydroxylation is 1. The van der Waals surface area contributed by atoms with Crippen molar-refractivity contribution in [3.63, 3.8) is 0 Å². The van der Waals surface area contributed by atoms with Gasteiger partial charge in [-0.15, -0.1) is 11.8 Å². The molecule has 0 saturated carbocycles. The molecule has 0 radical (unpaired) electrons. The van der Waals surface area contributed by atoms with Gasteiger partial charge in [-0.25, -0.2) is 4.79 Å². The number of hydrogen-bond acceptors (Lipinski definition) is 7. The summed E-state index contributed by atoms with van der Waals surface area (Å²) in [5, 5.41) is 20.3. The predicted octanol–water partition coefficient (Wildman–Crippen LogP) is 4.73. The maximum atomic E-state index is 12.5. The average Bonchev–Trinajstić information content (AvgIpc) is 2.87. The van der Waals surface area contributed by atoms with Crippen molar-refractivity contribution >= 4 is 23.2 Å². The van der Waals surface area contributed by atoms with Crippen LogP contribution in [0.5, 0.6) is 17.2 Å². The standard InChI is InChI=1S/C22H19NO5S/c1-12-9-17(25)21(22(26)28-12)15-11-20(13-7-8-16(24)18(10-13)27-2)29-19-6-4-3-5-14(19)23-15/h3-10,20,24-25H,11H2,1-2H3. The Hall–Kier alpha value is -3.19. The van der Waals surface area contributed by atoms with Gasteiger partial charge < -0.3 is 19.4 Å². The molecule has 0 saturated heterocycles. The van der Waals surface area contributed by atoms with E-state index in [1.165, 1.54) is 13.2 Å². The Labute approximate surface area is 171 Å². The zero-order chi connectivity index (χ0) is 20.5. The van der Waals surface area contributed by atoms with Crippen molar-refractivity contribution < 1.29 is 19.4 Å². The lowest BCUT2D eigenvalue weighted by molar-refractivity contribution is 0.373. The molecule has 148 valence electrons. The largest absolute Gasteiger partial charge is 0.507 e. The van der Waals surface area contributed by atoms with E-state index < -0.39 is 5.63 Å². The Bertz CT molecular complexity index is 1170. The average molecular weight is 409 g/mol. The van der Waals surface area contributed by atoms with Crippen LogP contribution in [0, 0.1) is 6.92 Å². The second-order valence-electron chi connectivity index (χ2n) is 6.67. The Morgan fingerprint density at radius 2 is 1.93 bits per heavy atom. The molecule has 3 aromatic rings. The normalized spacial score (nSPS) is 15.9. The van der Waals surface area contributed by atoms with Gasteiger partial charge in [0.25, 0.3) is 0 Å². The highest BCUT2D eigenvalue weighted by atomic mass is 32.2. The van der Waals surface area contributed by atoms with Gasteiger partial charge in [-0.1, -0.05) is 18.2 Å². The number of aromatic hydroxyl groups is 2. The van der Waals surface area contributed by atoms with Crippen molar-refractivity contribution in [1.82, 2.24) is 0 Å². The van der Waals surface area contributed by atoms with E-state index in [9.17, 15) is 15.0 Å². The highest BCUT2D eigenvalue weighted by Gasteiger charge is 2.26. The van der Waals surface area contributed by atoms with Crippen LogP contribution in [0.4, 0.5) is 5.69 Å². The first-order valence-electron chi connectivity index (χ1n) is 9.00. The first-order chi connectivity index (χ1) is 14.0. The van der Waals surface area contributed by atoms with Crippen LogP contribution in [0.25, 0.3) is 0 Å². The molecule has 0 spiro atoms. The quantitative estimate of drug-likeness (QED) is 0.650. The minimum absolute atomic E-state index is 0.0565. The molecule has 2 N–H and O–H groups in total. The highest BCUT2D eigenvalue weighted by Crippen LogP contribution is 2.47. The van der Waals surface area contributed by atoms with Crippen LogP contribution in [-0.4, -0.2) is 23.0 Å². The molecule has 0 amide bonds. The number of aliphatic imine (C=N–C) groups is 1. The van der Waals surface area contributed by atoms with Gasteiger partial charge in [-0.05, 0) is 36.8 Å². The van der Waals surface area contributed by atoms with Gasteiger partial charge in [0.15, 0.2) is 11.5 Å². The van der Waals surface area contributed by atoms with Crippen molar-refractivity contribution in [2.75, 3.05) is 7.11 Å². The molecule has 1 aromatic heterocycles. The van der Waals surface area contributed by atoms with Crippen LogP contribution in [0.1, 0.15) is 28.6 Å². The topological polar surface area (TPSA) is 92.3 Å². The molecule has 1 aliphatic heterocycles. The molecule has 6 nitrogen and oxygen atoms in total. The first-order valence-corrected chi connectivity index (χ1v) is 9.88. The summed E-state index contributed by atoms with van der Waals surface area (Å²) in [6.45, 7) is 1.61. The van der Waals surface area contributed by atoms with E-state index in [1.807, 2.05) is 30.3 Å². The van der Waals surface area contributed by atoms with E-state index in [1.54, 1.807) is 30.8 Å². The van der Waals surface area contributed by atoms with Crippen LogP contribution in [0.15, 0.2) is 67.6 Å². The second-order valence-corrected chi connectivity index (χ2v) is 7.92. The minimum atomic E-state index is -0.618. The number of benzene rings is 2. The summed E-state index contributed by atoms with van der Waals surface area (Å²) in [4.78, 5) is 18.2. The molecule has 7 heteroatoms. The molecule has 29 heavy (non-hydrogen) atoms. The summed E-state index contributed by atoms with van der Waals surface area (Å²) in [6, 6.07) is 14.2. The molecule has 1 unspecified atom stereocenters. The number of thioether (sulfide) groups is 1. The number of para-hydroxylation sites is 1. The Morgan fingerprint density at radius 3 is 2.69 bits per heavy atom. The monoisotopic (exact) mass is 409 g/mol. The van der Waals surface area contributed by atoms with Gasteiger partial charge >= 0.3 is 5.63 Å². The van der Waals surface area contributed by atoms with Crippen LogP contribution in [0.3, 0.4) is 0 Å². The lowest BCUT2D eigenvalue weighted by Crippen LogP contribution is -2.17. The molecule has 2 heterocycles. The van der Waals surface area contributed by atoms with Crippen molar-refractivity contribution in [1.29, 1.82) is 0 Å². The molecule has 0 bridgehead atoms. The van der Waals surface area contributed by atoms with Gasteiger partial charge in [0.1, 0.15) is 17.1 Å². The van der Waals surface area contributed by atoms with Crippen molar-refractivity contribution in [2.24, 2.45) is 4.99 Å². The number of hydrogen-bond donors (Lipinski definition) is 2. The fraction of sp³-hybridized carbons (Fsp3) is 0.182. The lowest BCUT2D eigenvalue weighted by atomic mass is 10.0. The number of fused-ring (bicyclic) bond motifs is 1. The number of methoxy groups -OCH3 is 1. The van der Waals surface area contributed by atoms with Crippen molar-refractivity contribution in [3.05, 3.63) is 75.8 Å². The molecule has 0 aliphatic carbocycles. The third-order valence-electron chi connectivity index (χ3n) is 4.69. The molecule has 1 aliphatic rings. The van der Waals surface area contributed by atoms with Crippen molar-refractivity contribution in [3.8, 4) is 17.2 Å². The third kappa shape index (κ3) is 3.73. The Kier molecular flexibility index (Phi) is 5.07. The maximum absolute atomic E-state index is 12.5. The van der Waals surface area contributed by atoms with Gasteiger partial charge in [-0.2, -0.15) is 0 Å².